The van der Waals surface area contributed by atoms with Gasteiger partial charge in [0.1, 0.15) is 23.6 Å². The Kier molecular flexibility index (Phi) is 2.99. The number of epoxide rings is 1. The van der Waals surface area contributed by atoms with Crippen molar-refractivity contribution in [2.45, 2.75) is 12.2 Å². The van der Waals surface area contributed by atoms with Crippen LogP contribution in [0.25, 0.3) is 11.0 Å². The predicted molar refractivity (Wildman–Crippen MR) is 82.1 cm³/mol. The zero-order chi connectivity index (χ0) is 16.0. The van der Waals surface area contributed by atoms with E-state index >= 15 is 0 Å². The van der Waals surface area contributed by atoms with Crippen molar-refractivity contribution < 1.29 is 14.1 Å². The summed E-state index contributed by atoms with van der Waals surface area (Å²) in [6.07, 6.45) is -0.589. The highest BCUT2D eigenvalue weighted by Crippen LogP contribution is 2.51. The lowest BCUT2D eigenvalue weighted by Crippen LogP contribution is -2.01. The van der Waals surface area contributed by atoms with Crippen molar-refractivity contribution in [1.82, 2.24) is 0 Å². The molecule has 0 aliphatic carbocycles. The number of fused-ring (bicyclic) bond motifs is 1. The molecule has 1 fully saturated rings. The maximum Gasteiger partial charge on any atom is 0.269 e. The van der Waals surface area contributed by atoms with E-state index in [0.717, 1.165) is 5.56 Å². The summed E-state index contributed by atoms with van der Waals surface area (Å²) in [5.74, 6) is 0.469. The fraction of sp³-hybridized carbons (Fsp3) is 0.118. The van der Waals surface area contributed by atoms with Gasteiger partial charge in [0.2, 0.25) is 0 Å². The molecule has 0 saturated carbocycles. The fourth-order valence-corrected chi connectivity index (χ4v) is 2.63. The molecule has 0 amide bonds. The quantitative estimate of drug-likeness (QED) is 0.420. The number of nitro benzene ring substituents is 1. The van der Waals surface area contributed by atoms with Crippen molar-refractivity contribution in [2.24, 2.45) is 0 Å². The molecule has 0 spiro atoms. The highest BCUT2D eigenvalue weighted by molar-refractivity contribution is 5.76. The second-order valence-electron chi connectivity index (χ2n) is 5.34. The molecule has 1 saturated heterocycles. The molecular weight excluding hydrogens is 298 g/mol. The van der Waals surface area contributed by atoms with Crippen molar-refractivity contribution in [3.05, 3.63) is 86.3 Å². The first kappa shape index (κ1) is 13.7. The minimum absolute atomic E-state index is 0.0307. The summed E-state index contributed by atoms with van der Waals surface area (Å²) < 4.78 is 11.3. The molecule has 3 aromatic rings. The van der Waals surface area contributed by atoms with E-state index in [1.54, 1.807) is 36.4 Å². The third kappa shape index (κ3) is 2.39. The Morgan fingerprint density at radius 1 is 1.00 bits per heavy atom. The van der Waals surface area contributed by atoms with Crippen LogP contribution in [0.15, 0.2) is 63.8 Å². The van der Waals surface area contributed by atoms with Gasteiger partial charge in [-0.2, -0.15) is 0 Å². The Morgan fingerprint density at radius 3 is 2.48 bits per heavy atom. The number of rotatable bonds is 3. The Bertz CT molecular complexity index is 961. The highest BCUT2D eigenvalue weighted by Gasteiger charge is 2.44. The molecule has 1 aliphatic heterocycles. The number of hydrogen-bond acceptors (Lipinski definition) is 5. The molecule has 1 aromatic heterocycles. The van der Waals surface area contributed by atoms with Crippen LogP contribution in [-0.2, 0) is 4.74 Å². The summed E-state index contributed by atoms with van der Waals surface area (Å²) in [5, 5.41) is 11.2. The van der Waals surface area contributed by atoms with Crippen LogP contribution in [0.3, 0.4) is 0 Å². The smallest absolute Gasteiger partial charge is 0.269 e. The molecule has 0 bridgehead atoms. The van der Waals surface area contributed by atoms with Crippen LogP contribution in [0.1, 0.15) is 23.5 Å². The van der Waals surface area contributed by atoms with Crippen LogP contribution in [0, 0.1) is 10.1 Å². The fourth-order valence-electron chi connectivity index (χ4n) is 2.63. The van der Waals surface area contributed by atoms with Gasteiger partial charge < -0.3 is 9.15 Å². The van der Waals surface area contributed by atoms with Crippen LogP contribution in [0.2, 0.25) is 0 Å². The average Bonchev–Trinajstić information content (AvgIpc) is 3.35. The van der Waals surface area contributed by atoms with Crippen LogP contribution in [0.4, 0.5) is 5.69 Å². The molecule has 0 unspecified atom stereocenters. The zero-order valence-corrected chi connectivity index (χ0v) is 11.8. The standard InChI is InChI=1S/C17H11NO5/c19-13-9-15(22-14-4-2-1-3-12(13)14)17-16(23-17)10-5-7-11(8-6-10)18(20)21/h1-9,16-17H/t16-,17-/m0/s1. The Hall–Kier alpha value is -2.99. The van der Waals surface area contributed by atoms with Crippen molar-refractivity contribution in [1.29, 1.82) is 0 Å². The lowest BCUT2D eigenvalue weighted by Gasteiger charge is -2.00. The van der Waals surface area contributed by atoms with Crippen molar-refractivity contribution >= 4 is 16.7 Å². The summed E-state index contributed by atoms with van der Waals surface area (Å²) in [5.41, 5.74) is 1.26. The number of para-hydroxylation sites is 1. The van der Waals surface area contributed by atoms with Gasteiger partial charge in [-0.1, -0.05) is 12.1 Å². The predicted octanol–water partition coefficient (Wildman–Crippen LogP) is 3.51. The molecule has 23 heavy (non-hydrogen) atoms. The molecule has 2 atom stereocenters. The van der Waals surface area contributed by atoms with Gasteiger partial charge in [-0.15, -0.1) is 0 Å². The number of nitro groups is 1. The van der Waals surface area contributed by atoms with E-state index in [-0.39, 0.29) is 23.3 Å². The van der Waals surface area contributed by atoms with Gasteiger partial charge in [0.15, 0.2) is 5.43 Å². The number of non-ortho nitro benzene ring substituents is 1. The van der Waals surface area contributed by atoms with Crippen molar-refractivity contribution in [2.75, 3.05) is 0 Å². The largest absolute Gasteiger partial charge is 0.458 e. The van der Waals surface area contributed by atoms with E-state index in [9.17, 15) is 14.9 Å². The average molecular weight is 309 g/mol. The van der Waals surface area contributed by atoms with Crippen LogP contribution in [-0.4, -0.2) is 4.92 Å². The second kappa shape index (κ2) is 5.03. The third-order valence-corrected chi connectivity index (χ3v) is 3.86. The molecule has 0 N–H and O–H groups in total. The van der Waals surface area contributed by atoms with E-state index in [0.29, 0.717) is 16.7 Å². The minimum atomic E-state index is -0.447. The molecule has 6 heteroatoms. The molecule has 0 radical (unpaired) electrons. The van der Waals surface area contributed by atoms with Gasteiger partial charge in [0, 0.05) is 18.2 Å². The monoisotopic (exact) mass is 309 g/mol. The van der Waals surface area contributed by atoms with E-state index in [1.165, 1.54) is 18.2 Å². The summed E-state index contributed by atoms with van der Waals surface area (Å²) in [4.78, 5) is 22.3. The normalized spacial score (nSPS) is 19.7. The maximum atomic E-state index is 12.1. The molecule has 1 aliphatic rings. The highest BCUT2D eigenvalue weighted by atomic mass is 16.6. The number of nitrogens with zero attached hydrogens (tertiary/aromatic N) is 1. The van der Waals surface area contributed by atoms with Crippen LogP contribution < -0.4 is 5.43 Å². The SMILES string of the molecule is O=c1cc([C@@H]2O[C@H]2c2ccc([N+](=O)[O-])cc2)oc2ccccc12. The summed E-state index contributed by atoms with van der Waals surface area (Å²) in [7, 11) is 0. The van der Waals surface area contributed by atoms with Gasteiger partial charge in [-0.3, -0.25) is 14.9 Å². The Balaban J connectivity index is 1.64. The first-order valence-corrected chi connectivity index (χ1v) is 7.06. The van der Waals surface area contributed by atoms with E-state index in [1.807, 2.05) is 0 Å². The van der Waals surface area contributed by atoms with Gasteiger partial charge in [0.25, 0.3) is 5.69 Å². The second-order valence-corrected chi connectivity index (χ2v) is 5.34. The maximum absolute atomic E-state index is 12.1. The van der Waals surface area contributed by atoms with Crippen molar-refractivity contribution in [3.8, 4) is 0 Å². The first-order valence-electron chi connectivity index (χ1n) is 7.06. The van der Waals surface area contributed by atoms with E-state index < -0.39 is 4.92 Å². The molecule has 2 heterocycles. The van der Waals surface area contributed by atoms with Crippen molar-refractivity contribution in [3.63, 3.8) is 0 Å². The lowest BCUT2D eigenvalue weighted by molar-refractivity contribution is -0.384. The summed E-state index contributed by atoms with van der Waals surface area (Å²) >= 11 is 0. The third-order valence-electron chi connectivity index (χ3n) is 3.86. The summed E-state index contributed by atoms with van der Waals surface area (Å²) in [6, 6.07) is 14.7. The Labute approximate surface area is 130 Å². The number of benzene rings is 2. The minimum Gasteiger partial charge on any atom is -0.458 e. The van der Waals surface area contributed by atoms with E-state index in [2.05, 4.69) is 0 Å². The molecule has 6 nitrogen and oxygen atoms in total. The Morgan fingerprint density at radius 2 is 1.74 bits per heavy atom. The van der Waals surface area contributed by atoms with Crippen LogP contribution >= 0.6 is 0 Å². The summed E-state index contributed by atoms with van der Waals surface area (Å²) in [6.45, 7) is 0. The molecule has 4 rings (SSSR count). The number of ether oxygens (including phenoxy) is 1. The molecule has 2 aromatic carbocycles. The van der Waals surface area contributed by atoms with Gasteiger partial charge in [-0.25, -0.2) is 0 Å². The zero-order valence-electron chi connectivity index (χ0n) is 11.8. The van der Waals surface area contributed by atoms with Crippen LogP contribution in [0.5, 0.6) is 0 Å². The van der Waals surface area contributed by atoms with E-state index in [4.69, 9.17) is 9.15 Å². The van der Waals surface area contributed by atoms with Gasteiger partial charge in [0.05, 0.1) is 10.3 Å². The van der Waals surface area contributed by atoms with Gasteiger partial charge >= 0.3 is 0 Å². The van der Waals surface area contributed by atoms with Gasteiger partial charge in [-0.05, 0) is 29.8 Å². The first-order chi connectivity index (χ1) is 11.1. The number of hydrogen-bond donors (Lipinski definition) is 0. The molecule has 114 valence electrons. The topological polar surface area (TPSA) is 85.9 Å². The lowest BCUT2D eigenvalue weighted by atomic mass is 10.1. The molecular formula is C17H11NO5.